The van der Waals surface area contributed by atoms with Crippen LogP contribution in [-0.2, 0) is 18.8 Å². The molecule has 1 amide bonds. The summed E-state index contributed by atoms with van der Waals surface area (Å²) in [6, 6.07) is 9.98. The van der Waals surface area contributed by atoms with Crippen LogP contribution in [0.2, 0.25) is 0 Å². The van der Waals surface area contributed by atoms with Gasteiger partial charge in [-0.3, -0.25) is 14.8 Å². The van der Waals surface area contributed by atoms with Gasteiger partial charge in [-0.05, 0) is 26.3 Å². The molecule has 3 aromatic heterocycles. The number of nitrogens with one attached hydrogen (secondary N) is 1. The van der Waals surface area contributed by atoms with Gasteiger partial charge in [0.25, 0.3) is 5.56 Å². The van der Waals surface area contributed by atoms with Crippen molar-refractivity contribution in [2.45, 2.75) is 39.2 Å². The Morgan fingerprint density at radius 3 is 2.45 bits per heavy atom. The van der Waals surface area contributed by atoms with Gasteiger partial charge in [-0.1, -0.05) is 37.3 Å². The molecule has 4 aromatic rings. The third-order valence-corrected chi connectivity index (χ3v) is 5.40. The molecule has 0 saturated carbocycles. The van der Waals surface area contributed by atoms with Crippen molar-refractivity contribution in [1.29, 1.82) is 0 Å². The van der Waals surface area contributed by atoms with Crippen LogP contribution < -0.4 is 10.9 Å². The Balaban J connectivity index is 1.96. The van der Waals surface area contributed by atoms with Crippen molar-refractivity contribution < 1.29 is 13.9 Å². The van der Waals surface area contributed by atoms with Crippen LogP contribution in [0.15, 0.2) is 58.1 Å². The van der Waals surface area contributed by atoms with Crippen molar-refractivity contribution in [2.24, 2.45) is 14.1 Å². The fourth-order valence-corrected chi connectivity index (χ4v) is 3.84. The molecule has 0 bridgehead atoms. The number of carbonyl (C=O) groups is 1. The molecule has 0 radical (unpaired) electrons. The molecule has 1 atom stereocenters. The van der Waals surface area contributed by atoms with E-state index in [2.05, 4.69) is 17.3 Å². The van der Waals surface area contributed by atoms with Gasteiger partial charge < -0.3 is 13.7 Å². The maximum absolute atomic E-state index is 13.3. The Labute approximate surface area is 191 Å². The predicted octanol–water partition coefficient (Wildman–Crippen LogP) is 5.03. The van der Waals surface area contributed by atoms with Gasteiger partial charge in [0.15, 0.2) is 5.76 Å². The third kappa shape index (κ3) is 4.41. The van der Waals surface area contributed by atoms with Gasteiger partial charge in [-0.15, -0.1) is 0 Å². The van der Waals surface area contributed by atoms with Crippen LogP contribution in [0.1, 0.15) is 44.7 Å². The number of pyridine rings is 1. The second-order valence-electron chi connectivity index (χ2n) is 9.17. The lowest BCUT2D eigenvalue weighted by Crippen LogP contribution is -2.28. The van der Waals surface area contributed by atoms with E-state index < -0.39 is 11.7 Å². The summed E-state index contributed by atoms with van der Waals surface area (Å²) in [5.41, 5.74) is 2.28. The molecule has 33 heavy (non-hydrogen) atoms. The van der Waals surface area contributed by atoms with Crippen molar-refractivity contribution in [2.75, 3.05) is 5.32 Å². The van der Waals surface area contributed by atoms with Crippen molar-refractivity contribution in [1.82, 2.24) is 14.3 Å². The number of nitrogens with zero attached hydrogens (tertiary/aromatic N) is 3. The number of ether oxygens (including phenoxy) is 1. The zero-order valence-corrected chi connectivity index (χ0v) is 19.7. The van der Waals surface area contributed by atoms with E-state index in [-0.39, 0.29) is 17.2 Å². The maximum Gasteiger partial charge on any atom is 0.412 e. The number of hydrogen-bond donors (Lipinski definition) is 1. The third-order valence-electron chi connectivity index (χ3n) is 5.40. The van der Waals surface area contributed by atoms with Crippen LogP contribution in [0.4, 0.5) is 10.5 Å². The Kier molecular flexibility index (Phi) is 5.61. The fraction of sp³-hybridized carbons (Fsp3) is 0.320. The Hall–Kier alpha value is -3.81. The first-order valence-corrected chi connectivity index (χ1v) is 10.7. The number of amides is 1. The normalized spacial score (nSPS) is 12.7. The minimum Gasteiger partial charge on any atom is -0.453 e. The number of hydrogen-bond acceptors (Lipinski definition) is 5. The molecule has 0 aliphatic carbocycles. The summed E-state index contributed by atoms with van der Waals surface area (Å²) in [6.45, 7) is 7.39. The van der Waals surface area contributed by atoms with Crippen molar-refractivity contribution in [3.63, 3.8) is 0 Å². The lowest BCUT2D eigenvalue weighted by molar-refractivity contribution is 0.0636. The minimum atomic E-state index is -0.698. The minimum absolute atomic E-state index is 0.0530. The number of rotatable bonds is 4. The average Bonchev–Trinajstić information content (AvgIpc) is 3.33. The lowest BCUT2D eigenvalue weighted by atomic mass is 9.93. The van der Waals surface area contributed by atoms with Gasteiger partial charge in [-0.2, -0.15) is 5.10 Å². The highest BCUT2D eigenvalue weighted by Crippen LogP contribution is 2.40. The standard InChI is InChI=1S/C25H28N4O4/c1-15(16-10-8-7-9-11-16)18-14-28(5)23(30)19-20(27-24(31)33-25(2,3)4)21(32-22(18)19)17-12-26-29(6)13-17/h7-15H,1-6H3,(H,27,31). The smallest absolute Gasteiger partial charge is 0.412 e. The van der Waals surface area contributed by atoms with E-state index in [1.54, 1.807) is 58.1 Å². The molecule has 172 valence electrons. The van der Waals surface area contributed by atoms with Crippen LogP contribution in [0.5, 0.6) is 0 Å². The van der Waals surface area contributed by atoms with E-state index in [0.717, 1.165) is 11.1 Å². The first kappa shape index (κ1) is 22.4. The molecular formula is C25H28N4O4. The number of anilines is 1. The second kappa shape index (κ2) is 8.27. The quantitative estimate of drug-likeness (QED) is 0.473. The SMILES string of the molecule is CC(c1ccccc1)c1cn(C)c(=O)c2c(NC(=O)OC(C)(C)C)c(-c3cnn(C)c3)oc12. The van der Waals surface area contributed by atoms with Crippen LogP contribution >= 0.6 is 0 Å². The monoisotopic (exact) mass is 448 g/mol. The zero-order chi connectivity index (χ0) is 23.9. The summed E-state index contributed by atoms with van der Waals surface area (Å²) in [4.78, 5) is 26.0. The van der Waals surface area contributed by atoms with Gasteiger partial charge in [0.05, 0.1) is 11.8 Å². The summed E-state index contributed by atoms with van der Waals surface area (Å²) in [7, 11) is 3.48. The van der Waals surface area contributed by atoms with Crippen LogP contribution in [0, 0.1) is 0 Å². The van der Waals surface area contributed by atoms with Gasteiger partial charge in [0.2, 0.25) is 0 Å². The molecule has 0 fully saturated rings. The lowest BCUT2D eigenvalue weighted by Gasteiger charge is -2.19. The zero-order valence-electron chi connectivity index (χ0n) is 19.7. The first-order chi connectivity index (χ1) is 15.5. The molecule has 1 N–H and O–H groups in total. The van der Waals surface area contributed by atoms with Crippen LogP contribution in [-0.4, -0.2) is 26.0 Å². The first-order valence-electron chi connectivity index (χ1n) is 10.7. The number of aryl methyl sites for hydroxylation is 2. The Morgan fingerprint density at radius 1 is 1.15 bits per heavy atom. The highest BCUT2D eigenvalue weighted by molar-refractivity contribution is 6.05. The topological polar surface area (TPSA) is 91.3 Å². The van der Waals surface area contributed by atoms with Gasteiger partial charge in [0, 0.05) is 38.0 Å². The second-order valence-corrected chi connectivity index (χ2v) is 9.17. The van der Waals surface area contributed by atoms with Gasteiger partial charge in [-0.25, -0.2) is 4.79 Å². The summed E-state index contributed by atoms with van der Waals surface area (Å²) >= 11 is 0. The number of benzene rings is 1. The average molecular weight is 449 g/mol. The summed E-state index contributed by atoms with van der Waals surface area (Å²) < 4.78 is 14.9. The van der Waals surface area contributed by atoms with Crippen molar-refractivity contribution in [3.8, 4) is 11.3 Å². The molecule has 0 aliphatic rings. The molecule has 3 heterocycles. The highest BCUT2D eigenvalue weighted by Gasteiger charge is 2.27. The summed E-state index contributed by atoms with van der Waals surface area (Å²) in [5.74, 6) is 0.302. The number of aromatic nitrogens is 3. The molecule has 8 heteroatoms. The van der Waals surface area contributed by atoms with Crippen molar-refractivity contribution >= 4 is 22.7 Å². The predicted molar refractivity (Wildman–Crippen MR) is 127 cm³/mol. The van der Waals surface area contributed by atoms with E-state index in [9.17, 15) is 9.59 Å². The molecule has 0 aliphatic heterocycles. The summed E-state index contributed by atoms with van der Waals surface area (Å²) in [6.07, 6.45) is 4.51. The number of carbonyl (C=O) groups excluding carboxylic acids is 1. The largest absolute Gasteiger partial charge is 0.453 e. The van der Waals surface area contributed by atoms with E-state index in [0.29, 0.717) is 22.3 Å². The highest BCUT2D eigenvalue weighted by atomic mass is 16.6. The number of furan rings is 1. The van der Waals surface area contributed by atoms with E-state index in [4.69, 9.17) is 9.15 Å². The van der Waals surface area contributed by atoms with Gasteiger partial charge in [0.1, 0.15) is 22.3 Å². The molecular weight excluding hydrogens is 420 g/mol. The summed E-state index contributed by atoms with van der Waals surface area (Å²) in [5, 5.41) is 7.28. The van der Waals surface area contributed by atoms with E-state index in [1.165, 1.54) is 4.57 Å². The molecule has 1 unspecified atom stereocenters. The molecule has 1 aromatic carbocycles. The Morgan fingerprint density at radius 2 is 1.85 bits per heavy atom. The molecule has 8 nitrogen and oxygen atoms in total. The van der Waals surface area contributed by atoms with Gasteiger partial charge >= 0.3 is 6.09 Å². The Bertz CT molecular complexity index is 1370. The van der Waals surface area contributed by atoms with Crippen molar-refractivity contribution in [3.05, 3.63) is 70.4 Å². The molecule has 0 saturated heterocycles. The van der Waals surface area contributed by atoms with Crippen LogP contribution in [0.3, 0.4) is 0 Å². The molecule has 4 rings (SSSR count). The fourth-order valence-electron chi connectivity index (χ4n) is 3.84. The molecule has 0 spiro atoms. The van der Waals surface area contributed by atoms with E-state index >= 15 is 0 Å². The van der Waals surface area contributed by atoms with Crippen LogP contribution in [0.25, 0.3) is 22.3 Å². The maximum atomic E-state index is 13.3. The van der Waals surface area contributed by atoms with E-state index in [1.807, 2.05) is 30.3 Å². The number of fused-ring (bicyclic) bond motifs is 1.